The Morgan fingerprint density at radius 1 is 1.50 bits per heavy atom. The molecule has 0 saturated heterocycles. The molecule has 0 radical (unpaired) electrons. The molecule has 2 heteroatoms. The van der Waals surface area contributed by atoms with Crippen molar-refractivity contribution in [3.63, 3.8) is 0 Å². The second-order valence-electron chi connectivity index (χ2n) is 4.12. The largest absolute Gasteiger partial charge is 0.311 e. The minimum Gasteiger partial charge on any atom is -0.311 e. The highest BCUT2D eigenvalue weighted by Gasteiger charge is 2.25. The van der Waals surface area contributed by atoms with E-state index in [0.29, 0.717) is 0 Å². The fourth-order valence-corrected chi connectivity index (χ4v) is 2.41. The van der Waals surface area contributed by atoms with Crippen LogP contribution in [-0.4, -0.2) is 24.1 Å². The van der Waals surface area contributed by atoms with Crippen molar-refractivity contribution in [2.24, 2.45) is 5.92 Å². The van der Waals surface area contributed by atoms with Gasteiger partial charge in [-0.2, -0.15) is 11.8 Å². The van der Waals surface area contributed by atoms with E-state index in [2.05, 4.69) is 25.4 Å². The van der Waals surface area contributed by atoms with Gasteiger partial charge in [-0.1, -0.05) is 6.92 Å². The smallest absolute Gasteiger partial charge is 0.00746 e. The molecule has 1 atom stereocenters. The maximum absolute atomic E-state index is 3.67. The summed E-state index contributed by atoms with van der Waals surface area (Å²) in [5, 5.41) is 3.67. The summed E-state index contributed by atoms with van der Waals surface area (Å²) in [5.41, 5.74) is 0. The third-order valence-electron chi connectivity index (χ3n) is 2.65. The summed E-state index contributed by atoms with van der Waals surface area (Å²) in [6.45, 7) is 4.64. The summed E-state index contributed by atoms with van der Waals surface area (Å²) in [4.78, 5) is 0. The van der Waals surface area contributed by atoms with Crippen molar-refractivity contribution in [3.8, 4) is 0 Å². The lowest BCUT2D eigenvalue weighted by Gasteiger charge is -2.35. The second-order valence-corrected chi connectivity index (χ2v) is 5.11. The molecular formula is C10H21NS. The molecule has 1 saturated carbocycles. The number of rotatable bonds is 5. The molecule has 0 amide bonds. The van der Waals surface area contributed by atoms with E-state index < -0.39 is 0 Å². The van der Waals surface area contributed by atoms with E-state index in [9.17, 15) is 0 Å². The van der Waals surface area contributed by atoms with Gasteiger partial charge in [0.25, 0.3) is 0 Å². The van der Waals surface area contributed by atoms with Crippen LogP contribution in [0.25, 0.3) is 0 Å². The van der Waals surface area contributed by atoms with Crippen LogP contribution in [0.15, 0.2) is 0 Å². The first-order valence-electron chi connectivity index (χ1n) is 4.97. The van der Waals surface area contributed by atoms with E-state index in [1.165, 1.54) is 25.0 Å². The number of nitrogens with one attached hydrogen (secondary N) is 1. The summed E-state index contributed by atoms with van der Waals surface area (Å²) >= 11 is 1.94. The predicted molar refractivity (Wildman–Crippen MR) is 57.8 cm³/mol. The summed E-state index contributed by atoms with van der Waals surface area (Å²) in [7, 11) is 0. The third-order valence-corrected chi connectivity index (χ3v) is 3.29. The van der Waals surface area contributed by atoms with Crippen LogP contribution in [0.4, 0.5) is 0 Å². The van der Waals surface area contributed by atoms with Gasteiger partial charge in [0.1, 0.15) is 0 Å². The van der Waals surface area contributed by atoms with Crippen LogP contribution in [0.1, 0.15) is 33.1 Å². The minimum absolute atomic E-state index is 0.718. The average molecular weight is 187 g/mol. The van der Waals surface area contributed by atoms with Crippen molar-refractivity contribution in [1.29, 1.82) is 0 Å². The van der Waals surface area contributed by atoms with Gasteiger partial charge in [0.15, 0.2) is 0 Å². The van der Waals surface area contributed by atoms with Gasteiger partial charge in [-0.3, -0.25) is 0 Å². The standard InChI is InChI=1S/C10H21NS/c1-8-6-10(7-8)11-9(2)4-5-12-3/h8-11H,4-7H2,1-3H3. The Bertz CT molecular complexity index is 121. The van der Waals surface area contributed by atoms with Gasteiger partial charge in [-0.15, -0.1) is 0 Å². The maximum atomic E-state index is 3.67. The van der Waals surface area contributed by atoms with Crippen molar-refractivity contribution in [3.05, 3.63) is 0 Å². The SMILES string of the molecule is CSCCC(C)NC1CC(C)C1. The van der Waals surface area contributed by atoms with E-state index in [0.717, 1.165) is 18.0 Å². The van der Waals surface area contributed by atoms with Gasteiger partial charge in [0.2, 0.25) is 0 Å². The Labute approximate surface area is 80.7 Å². The highest BCUT2D eigenvalue weighted by Crippen LogP contribution is 2.26. The van der Waals surface area contributed by atoms with E-state index in [4.69, 9.17) is 0 Å². The molecule has 1 fully saturated rings. The van der Waals surface area contributed by atoms with Gasteiger partial charge >= 0.3 is 0 Å². The van der Waals surface area contributed by atoms with E-state index in [1.54, 1.807) is 0 Å². The average Bonchev–Trinajstić information content (AvgIpc) is 1.98. The van der Waals surface area contributed by atoms with Crippen LogP contribution in [0.3, 0.4) is 0 Å². The molecule has 1 nitrogen and oxygen atoms in total. The molecule has 72 valence electrons. The maximum Gasteiger partial charge on any atom is 0.00746 e. The van der Waals surface area contributed by atoms with Crippen LogP contribution in [0, 0.1) is 5.92 Å². The van der Waals surface area contributed by atoms with E-state index in [1.807, 2.05) is 11.8 Å². The molecule has 0 aromatic heterocycles. The first-order valence-corrected chi connectivity index (χ1v) is 6.36. The molecule has 1 N–H and O–H groups in total. The zero-order valence-corrected chi connectivity index (χ0v) is 9.29. The lowest BCUT2D eigenvalue weighted by Crippen LogP contribution is -2.44. The van der Waals surface area contributed by atoms with Crippen molar-refractivity contribution in [1.82, 2.24) is 5.32 Å². The molecule has 0 spiro atoms. The zero-order valence-electron chi connectivity index (χ0n) is 8.47. The van der Waals surface area contributed by atoms with Gasteiger partial charge in [0, 0.05) is 12.1 Å². The molecule has 12 heavy (non-hydrogen) atoms. The van der Waals surface area contributed by atoms with Crippen molar-refractivity contribution in [2.75, 3.05) is 12.0 Å². The summed E-state index contributed by atoms with van der Waals surface area (Å²) < 4.78 is 0. The molecule has 0 heterocycles. The Morgan fingerprint density at radius 3 is 2.67 bits per heavy atom. The summed E-state index contributed by atoms with van der Waals surface area (Å²) in [6.07, 6.45) is 6.28. The highest BCUT2D eigenvalue weighted by atomic mass is 32.2. The topological polar surface area (TPSA) is 12.0 Å². The van der Waals surface area contributed by atoms with Gasteiger partial charge in [-0.25, -0.2) is 0 Å². The lowest BCUT2D eigenvalue weighted by molar-refractivity contribution is 0.224. The fraction of sp³-hybridized carbons (Fsp3) is 1.00. The molecule has 1 rings (SSSR count). The number of thioether (sulfide) groups is 1. The van der Waals surface area contributed by atoms with Crippen molar-refractivity contribution >= 4 is 11.8 Å². The lowest BCUT2D eigenvalue weighted by atomic mass is 9.81. The predicted octanol–water partition coefficient (Wildman–Crippen LogP) is 2.52. The van der Waals surface area contributed by atoms with Gasteiger partial charge < -0.3 is 5.32 Å². The third kappa shape index (κ3) is 3.36. The van der Waals surface area contributed by atoms with E-state index in [-0.39, 0.29) is 0 Å². The zero-order chi connectivity index (χ0) is 8.97. The number of hydrogen-bond donors (Lipinski definition) is 1. The molecule has 0 aromatic carbocycles. The summed E-state index contributed by atoms with van der Waals surface area (Å²) in [5.74, 6) is 2.26. The van der Waals surface area contributed by atoms with Gasteiger partial charge in [-0.05, 0) is 44.1 Å². The van der Waals surface area contributed by atoms with Crippen LogP contribution < -0.4 is 5.32 Å². The van der Waals surface area contributed by atoms with Crippen molar-refractivity contribution < 1.29 is 0 Å². The van der Waals surface area contributed by atoms with Crippen molar-refractivity contribution in [2.45, 2.75) is 45.2 Å². The van der Waals surface area contributed by atoms with Crippen LogP contribution in [-0.2, 0) is 0 Å². The molecule has 1 aliphatic carbocycles. The minimum atomic E-state index is 0.718. The van der Waals surface area contributed by atoms with Crippen LogP contribution in [0.2, 0.25) is 0 Å². The first kappa shape index (κ1) is 10.4. The Hall–Kier alpha value is 0.310. The second kappa shape index (κ2) is 5.13. The van der Waals surface area contributed by atoms with E-state index >= 15 is 0 Å². The molecule has 0 aromatic rings. The van der Waals surface area contributed by atoms with Gasteiger partial charge in [0.05, 0.1) is 0 Å². The quantitative estimate of drug-likeness (QED) is 0.710. The fourth-order valence-electron chi connectivity index (χ4n) is 1.82. The Morgan fingerprint density at radius 2 is 2.17 bits per heavy atom. The molecule has 1 unspecified atom stereocenters. The first-order chi connectivity index (χ1) is 5.72. The monoisotopic (exact) mass is 187 g/mol. The van der Waals surface area contributed by atoms with Crippen LogP contribution in [0.5, 0.6) is 0 Å². The Balaban J connectivity index is 1.98. The highest BCUT2D eigenvalue weighted by molar-refractivity contribution is 7.98. The molecule has 1 aliphatic rings. The molecule has 0 aliphatic heterocycles. The van der Waals surface area contributed by atoms with Crippen LogP contribution >= 0.6 is 11.8 Å². The molecular weight excluding hydrogens is 166 g/mol. The summed E-state index contributed by atoms with van der Waals surface area (Å²) in [6, 6.07) is 1.55. The Kier molecular flexibility index (Phi) is 4.44. The molecule has 0 bridgehead atoms. The number of hydrogen-bond acceptors (Lipinski definition) is 2. The normalized spacial score (nSPS) is 31.2.